The average Bonchev–Trinajstić information content (AvgIpc) is 2.65. The molecule has 0 bridgehead atoms. The maximum atomic E-state index is 12.5. The van der Waals surface area contributed by atoms with Crippen molar-refractivity contribution in [2.24, 2.45) is 5.73 Å². The fraction of sp³-hybridized carbons (Fsp3) is 0.167. The van der Waals surface area contributed by atoms with Crippen LogP contribution in [0.3, 0.4) is 0 Å². The zero-order valence-corrected chi connectivity index (χ0v) is 16.9. The minimum absolute atomic E-state index is 0.0252. The van der Waals surface area contributed by atoms with Crippen LogP contribution in [0.15, 0.2) is 36.4 Å². The number of hydrogen-bond acceptors (Lipinski definition) is 6. The minimum atomic E-state index is -4.01. The molecule has 5 N–H and O–H groups in total. The van der Waals surface area contributed by atoms with E-state index >= 15 is 0 Å². The number of nitrogens with one attached hydrogen (secondary N) is 1. The van der Waals surface area contributed by atoms with Gasteiger partial charge in [0.15, 0.2) is 0 Å². The maximum Gasteiger partial charge on any atom is 0.333 e. The normalized spacial score (nSPS) is 10.8. The van der Waals surface area contributed by atoms with Crippen LogP contribution in [0, 0.1) is 11.3 Å². The number of halogens is 1. The molecule has 0 aliphatic heterocycles. The van der Waals surface area contributed by atoms with Crippen LogP contribution >= 0.6 is 11.6 Å². The molecule has 0 fully saturated rings. The number of sulfonamides is 1. The summed E-state index contributed by atoms with van der Waals surface area (Å²) in [6, 6.07) is 9.14. The lowest BCUT2D eigenvalue weighted by Gasteiger charge is -2.20. The van der Waals surface area contributed by atoms with Gasteiger partial charge < -0.3 is 16.8 Å². The second-order valence-electron chi connectivity index (χ2n) is 5.91. The predicted molar refractivity (Wildman–Crippen MR) is 110 cm³/mol. The molecule has 2 aromatic rings. The molecule has 152 valence electrons. The molecule has 0 aromatic heterocycles. The van der Waals surface area contributed by atoms with E-state index in [4.69, 9.17) is 28.3 Å². The lowest BCUT2D eigenvalue weighted by Crippen LogP contribution is -2.41. The van der Waals surface area contributed by atoms with Crippen LogP contribution in [0.5, 0.6) is 0 Å². The molecule has 0 unspecified atom stereocenters. The predicted octanol–water partition coefficient (Wildman–Crippen LogP) is 1.96. The van der Waals surface area contributed by atoms with Crippen molar-refractivity contribution in [1.82, 2.24) is 5.32 Å². The Kier molecular flexibility index (Phi) is 6.68. The second-order valence-corrected chi connectivity index (χ2v) is 8.45. The summed E-state index contributed by atoms with van der Waals surface area (Å²) in [7, 11) is -4.01. The molecular formula is C18H18ClN5O4S. The third-order valence-corrected chi connectivity index (χ3v) is 5.83. The minimum Gasteiger partial charge on any atom is -0.398 e. The van der Waals surface area contributed by atoms with Crippen molar-refractivity contribution in [3.8, 4) is 6.07 Å². The summed E-state index contributed by atoms with van der Waals surface area (Å²) >= 11 is 6.01. The molecule has 11 heteroatoms. The van der Waals surface area contributed by atoms with Gasteiger partial charge in [-0.3, -0.25) is 4.79 Å². The first-order valence-corrected chi connectivity index (χ1v) is 10.3. The first-order chi connectivity index (χ1) is 13.6. The Bertz CT molecular complexity index is 1110. The van der Waals surface area contributed by atoms with Gasteiger partial charge in [0.25, 0.3) is 5.91 Å². The molecule has 0 saturated carbocycles. The van der Waals surface area contributed by atoms with Crippen LogP contribution in [0.25, 0.3) is 0 Å². The van der Waals surface area contributed by atoms with E-state index in [9.17, 15) is 18.0 Å². The highest BCUT2D eigenvalue weighted by Gasteiger charge is 2.27. The van der Waals surface area contributed by atoms with Crippen LogP contribution < -0.4 is 21.1 Å². The summed E-state index contributed by atoms with van der Waals surface area (Å²) in [5.41, 5.74) is 12.3. The summed E-state index contributed by atoms with van der Waals surface area (Å²) in [4.78, 5) is 24.2. The zero-order valence-electron chi connectivity index (χ0n) is 15.3. The van der Waals surface area contributed by atoms with E-state index in [0.29, 0.717) is 21.1 Å². The first kappa shape index (κ1) is 22.0. The van der Waals surface area contributed by atoms with Gasteiger partial charge in [-0.15, -0.1) is 0 Å². The van der Waals surface area contributed by atoms with Gasteiger partial charge in [0.1, 0.15) is 0 Å². The van der Waals surface area contributed by atoms with Crippen LogP contribution in [-0.2, 0) is 16.6 Å². The quantitative estimate of drug-likeness (QED) is 0.588. The van der Waals surface area contributed by atoms with Crippen LogP contribution in [0.4, 0.5) is 16.2 Å². The summed E-state index contributed by atoms with van der Waals surface area (Å²) in [6.07, 6.45) is 0. The Morgan fingerprint density at radius 2 is 1.93 bits per heavy atom. The Morgan fingerprint density at radius 3 is 2.48 bits per heavy atom. The number of nitriles is 1. The van der Waals surface area contributed by atoms with E-state index < -0.39 is 22.0 Å². The highest BCUT2D eigenvalue weighted by Crippen LogP contribution is 2.25. The fourth-order valence-corrected chi connectivity index (χ4v) is 3.67. The number of nitrogens with zero attached hydrogens (tertiary/aromatic N) is 2. The Labute approximate surface area is 172 Å². The number of anilines is 2. The number of carbonyl (C=O) groups excluding carboxylic acids is 2. The lowest BCUT2D eigenvalue weighted by molar-refractivity contribution is 0.0951. The van der Waals surface area contributed by atoms with E-state index in [1.165, 1.54) is 31.2 Å². The number of nitrogen functional groups attached to an aromatic ring is 1. The highest BCUT2D eigenvalue weighted by atomic mass is 35.5. The van der Waals surface area contributed by atoms with Crippen molar-refractivity contribution in [1.29, 1.82) is 5.26 Å². The van der Waals surface area contributed by atoms with E-state index in [2.05, 4.69) is 5.32 Å². The van der Waals surface area contributed by atoms with E-state index in [-0.39, 0.29) is 28.6 Å². The smallest absolute Gasteiger partial charge is 0.333 e. The molecule has 0 aliphatic rings. The average molecular weight is 436 g/mol. The largest absolute Gasteiger partial charge is 0.398 e. The van der Waals surface area contributed by atoms with Gasteiger partial charge in [-0.1, -0.05) is 17.7 Å². The summed E-state index contributed by atoms with van der Waals surface area (Å²) in [5, 5.41) is 11.5. The van der Waals surface area contributed by atoms with Crippen LogP contribution in [0.1, 0.15) is 28.4 Å². The molecular weight excluding hydrogens is 418 g/mol. The summed E-state index contributed by atoms with van der Waals surface area (Å²) in [6.45, 7) is 1.41. The number of nitrogens with two attached hydrogens (primary N) is 2. The lowest BCUT2D eigenvalue weighted by atomic mass is 10.1. The molecule has 3 amide bonds. The fourth-order valence-electron chi connectivity index (χ4n) is 2.48. The number of benzene rings is 2. The van der Waals surface area contributed by atoms with Gasteiger partial charge in [-0.25, -0.2) is 13.2 Å². The van der Waals surface area contributed by atoms with E-state index in [1.807, 2.05) is 6.07 Å². The summed E-state index contributed by atoms with van der Waals surface area (Å²) < 4.78 is 24.8. The van der Waals surface area contributed by atoms with E-state index in [1.54, 1.807) is 12.1 Å². The number of urea groups is 1. The Morgan fingerprint density at radius 1 is 1.24 bits per heavy atom. The number of primary amides is 1. The zero-order chi connectivity index (χ0) is 21.8. The molecule has 0 aliphatic carbocycles. The molecule has 0 atom stereocenters. The third kappa shape index (κ3) is 5.16. The SMILES string of the molecule is CCS(=O)(=O)N(C(N)=O)c1cc(Cl)cc(C(=O)NCc2ccc(C#N)cc2N)c1. The van der Waals surface area contributed by atoms with Crippen LogP contribution in [0.2, 0.25) is 5.02 Å². The van der Waals surface area contributed by atoms with Crippen molar-refractivity contribution in [3.05, 3.63) is 58.1 Å². The Hall–Kier alpha value is -3.29. The molecule has 9 nitrogen and oxygen atoms in total. The van der Waals surface area contributed by atoms with Crippen LogP contribution in [-0.4, -0.2) is 26.1 Å². The number of carbonyl (C=O) groups is 2. The number of rotatable bonds is 6. The number of hydrogen-bond donors (Lipinski definition) is 3. The van der Waals surface area contributed by atoms with Crippen molar-refractivity contribution in [2.75, 3.05) is 15.8 Å². The van der Waals surface area contributed by atoms with Crippen molar-refractivity contribution in [3.63, 3.8) is 0 Å². The second kappa shape index (κ2) is 8.81. The third-order valence-electron chi connectivity index (χ3n) is 3.94. The molecule has 0 heterocycles. The van der Waals surface area contributed by atoms with E-state index in [0.717, 1.165) is 0 Å². The Balaban J connectivity index is 2.30. The van der Waals surface area contributed by atoms with Gasteiger partial charge in [0, 0.05) is 22.8 Å². The topological polar surface area (TPSA) is 159 Å². The molecule has 0 spiro atoms. The standard InChI is InChI=1S/C18H18ClN5O4S/c1-2-29(27,28)24(18(22)26)15-7-13(6-14(19)8-15)17(25)23-10-12-4-3-11(9-20)5-16(12)21/h3-8H,2,10,21H2,1H3,(H2,22,26)(H,23,25). The van der Waals surface area contributed by atoms with Crippen molar-refractivity contribution in [2.45, 2.75) is 13.5 Å². The maximum absolute atomic E-state index is 12.5. The highest BCUT2D eigenvalue weighted by molar-refractivity contribution is 7.93. The molecule has 0 radical (unpaired) electrons. The first-order valence-electron chi connectivity index (χ1n) is 8.28. The molecule has 0 saturated heterocycles. The van der Waals surface area contributed by atoms with Crippen molar-refractivity contribution < 1.29 is 18.0 Å². The molecule has 29 heavy (non-hydrogen) atoms. The monoisotopic (exact) mass is 435 g/mol. The van der Waals surface area contributed by atoms with Gasteiger partial charge >= 0.3 is 6.03 Å². The van der Waals surface area contributed by atoms with Crippen molar-refractivity contribution >= 4 is 44.9 Å². The molecule has 2 aromatic carbocycles. The van der Waals surface area contributed by atoms with Gasteiger partial charge in [0.2, 0.25) is 10.0 Å². The van der Waals surface area contributed by atoms with Gasteiger partial charge in [-0.2, -0.15) is 9.57 Å². The summed E-state index contributed by atoms with van der Waals surface area (Å²) in [5.74, 6) is -0.946. The molecule has 2 rings (SSSR count). The van der Waals surface area contributed by atoms with Gasteiger partial charge in [-0.05, 0) is 42.8 Å². The number of amides is 3. The van der Waals surface area contributed by atoms with Gasteiger partial charge in [0.05, 0.1) is 23.1 Å².